The van der Waals surface area contributed by atoms with E-state index in [0.717, 1.165) is 47.9 Å². The molecule has 22 heavy (non-hydrogen) atoms. The highest BCUT2D eigenvalue weighted by atomic mass is 15.1. The van der Waals surface area contributed by atoms with Crippen LogP contribution in [-0.2, 0) is 6.54 Å². The Morgan fingerprint density at radius 1 is 1.23 bits per heavy atom. The van der Waals surface area contributed by atoms with E-state index in [2.05, 4.69) is 39.8 Å². The summed E-state index contributed by atoms with van der Waals surface area (Å²) in [7, 11) is 0. The average molecular weight is 297 g/mol. The molecule has 0 aliphatic carbocycles. The Hall–Kier alpha value is -2.14. The Morgan fingerprint density at radius 2 is 2.05 bits per heavy atom. The van der Waals surface area contributed by atoms with Gasteiger partial charge in [-0.05, 0) is 25.5 Å². The van der Waals surface area contributed by atoms with Gasteiger partial charge < -0.3 is 15.6 Å². The first-order valence-corrected chi connectivity index (χ1v) is 7.89. The number of nitrogen functional groups attached to an aromatic ring is 1. The van der Waals surface area contributed by atoms with Crippen molar-refractivity contribution in [1.29, 1.82) is 0 Å². The van der Waals surface area contributed by atoms with Crippen LogP contribution in [0.1, 0.15) is 26.7 Å². The van der Waals surface area contributed by atoms with Crippen LogP contribution >= 0.6 is 0 Å². The van der Waals surface area contributed by atoms with E-state index in [1.54, 1.807) is 0 Å². The number of imidazole rings is 1. The minimum absolute atomic E-state index is 0.508. The molecule has 0 fully saturated rings. The first-order chi connectivity index (χ1) is 10.7. The van der Waals surface area contributed by atoms with E-state index in [-0.39, 0.29) is 0 Å². The second-order valence-corrected chi connectivity index (χ2v) is 5.97. The van der Waals surface area contributed by atoms with E-state index >= 15 is 0 Å². The van der Waals surface area contributed by atoms with Gasteiger partial charge in [0.25, 0.3) is 0 Å². The van der Waals surface area contributed by atoms with Crippen molar-refractivity contribution in [1.82, 2.24) is 19.9 Å². The molecular formula is C17H23N5. The molecule has 3 aromatic rings. The van der Waals surface area contributed by atoms with E-state index < -0.39 is 0 Å². The Bertz CT molecular complexity index is 775. The molecule has 2 aromatic heterocycles. The number of aromatic nitrogens is 3. The molecule has 0 radical (unpaired) electrons. The summed E-state index contributed by atoms with van der Waals surface area (Å²) in [6.45, 7) is 6.34. The van der Waals surface area contributed by atoms with Gasteiger partial charge in [-0.2, -0.15) is 0 Å². The van der Waals surface area contributed by atoms with Crippen LogP contribution in [0.2, 0.25) is 0 Å². The van der Waals surface area contributed by atoms with Crippen molar-refractivity contribution in [2.24, 2.45) is 0 Å². The van der Waals surface area contributed by atoms with E-state index in [1.807, 2.05) is 24.5 Å². The minimum Gasteiger partial charge on any atom is -0.382 e. The van der Waals surface area contributed by atoms with Gasteiger partial charge in [0.2, 0.25) is 0 Å². The first kappa shape index (κ1) is 14.8. The number of aryl methyl sites for hydroxylation is 1. The lowest BCUT2D eigenvalue weighted by Crippen LogP contribution is -2.23. The van der Waals surface area contributed by atoms with E-state index in [4.69, 9.17) is 5.73 Å². The van der Waals surface area contributed by atoms with Gasteiger partial charge in [0.1, 0.15) is 5.52 Å². The van der Waals surface area contributed by atoms with Gasteiger partial charge in [0.05, 0.1) is 17.4 Å². The van der Waals surface area contributed by atoms with Crippen LogP contribution in [0.25, 0.3) is 21.9 Å². The van der Waals surface area contributed by atoms with Gasteiger partial charge in [0.15, 0.2) is 5.82 Å². The Labute approximate surface area is 130 Å². The molecule has 0 saturated heterocycles. The molecule has 0 aliphatic rings. The summed E-state index contributed by atoms with van der Waals surface area (Å²) in [4.78, 5) is 8.89. The summed E-state index contributed by atoms with van der Waals surface area (Å²) in [6, 6.07) is 8.64. The maximum atomic E-state index is 6.05. The summed E-state index contributed by atoms with van der Waals surface area (Å²) < 4.78 is 2.20. The zero-order valence-corrected chi connectivity index (χ0v) is 13.2. The van der Waals surface area contributed by atoms with E-state index in [0.29, 0.717) is 11.9 Å². The maximum absolute atomic E-state index is 6.05. The molecule has 5 heteroatoms. The first-order valence-electron chi connectivity index (χ1n) is 7.89. The monoisotopic (exact) mass is 297 g/mol. The quantitative estimate of drug-likeness (QED) is 0.686. The number of fused-ring (bicyclic) bond motifs is 3. The van der Waals surface area contributed by atoms with Crippen LogP contribution in [0.4, 0.5) is 5.82 Å². The van der Waals surface area contributed by atoms with Crippen molar-refractivity contribution in [2.45, 2.75) is 39.3 Å². The standard InChI is InChI=1S/C17H23N5/c1-12(2)19-9-5-6-10-22-11-20-15-16(22)13-7-3-4-8-14(13)21-17(15)18/h3-4,7-8,11-12,19H,5-6,9-10H2,1-2H3,(H2,18,21). The second kappa shape index (κ2) is 6.32. The molecular weight excluding hydrogens is 274 g/mol. The van der Waals surface area contributed by atoms with Crippen molar-refractivity contribution in [3.63, 3.8) is 0 Å². The summed E-state index contributed by atoms with van der Waals surface area (Å²) in [5.41, 5.74) is 8.88. The third-order valence-electron chi connectivity index (χ3n) is 3.86. The van der Waals surface area contributed by atoms with Gasteiger partial charge in [-0.1, -0.05) is 32.0 Å². The number of pyridine rings is 1. The Morgan fingerprint density at radius 3 is 2.86 bits per heavy atom. The zero-order valence-electron chi connectivity index (χ0n) is 13.2. The second-order valence-electron chi connectivity index (χ2n) is 5.97. The molecule has 0 spiro atoms. The predicted molar refractivity (Wildman–Crippen MR) is 91.8 cm³/mol. The van der Waals surface area contributed by atoms with Crippen molar-refractivity contribution >= 4 is 27.8 Å². The summed E-state index contributed by atoms with van der Waals surface area (Å²) >= 11 is 0. The van der Waals surface area contributed by atoms with Crippen molar-refractivity contribution in [3.8, 4) is 0 Å². The number of anilines is 1. The Balaban J connectivity index is 1.84. The van der Waals surface area contributed by atoms with Gasteiger partial charge in [-0.25, -0.2) is 9.97 Å². The lowest BCUT2D eigenvalue weighted by Gasteiger charge is -2.09. The van der Waals surface area contributed by atoms with Gasteiger partial charge in [0, 0.05) is 18.0 Å². The molecule has 2 heterocycles. The molecule has 0 unspecified atom stereocenters. The van der Waals surface area contributed by atoms with Gasteiger partial charge >= 0.3 is 0 Å². The molecule has 0 aliphatic heterocycles. The largest absolute Gasteiger partial charge is 0.382 e. The van der Waals surface area contributed by atoms with Gasteiger partial charge in [-0.3, -0.25) is 0 Å². The molecule has 0 amide bonds. The molecule has 1 aromatic carbocycles. The van der Waals surface area contributed by atoms with Crippen molar-refractivity contribution < 1.29 is 0 Å². The van der Waals surface area contributed by atoms with Crippen LogP contribution < -0.4 is 11.1 Å². The normalized spacial score (nSPS) is 11.8. The highest BCUT2D eigenvalue weighted by molar-refractivity contribution is 6.06. The number of nitrogens with zero attached hydrogens (tertiary/aromatic N) is 3. The van der Waals surface area contributed by atoms with Gasteiger partial charge in [-0.15, -0.1) is 0 Å². The summed E-state index contributed by atoms with van der Waals surface area (Å²) in [5, 5.41) is 4.56. The number of nitrogens with two attached hydrogens (primary N) is 1. The van der Waals surface area contributed by atoms with Crippen LogP contribution in [-0.4, -0.2) is 27.1 Å². The van der Waals surface area contributed by atoms with Crippen LogP contribution in [0.3, 0.4) is 0 Å². The number of nitrogens with one attached hydrogen (secondary N) is 1. The van der Waals surface area contributed by atoms with Crippen molar-refractivity contribution in [2.75, 3.05) is 12.3 Å². The predicted octanol–water partition coefficient (Wildman–Crippen LogP) is 2.94. The third kappa shape index (κ3) is 2.90. The lowest BCUT2D eigenvalue weighted by molar-refractivity contribution is 0.535. The number of hydrogen-bond donors (Lipinski definition) is 2. The topological polar surface area (TPSA) is 68.8 Å². The zero-order chi connectivity index (χ0) is 15.5. The molecule has 3 rings (SSSR count). The average Bonchev–Trinajstić information content (AvgIpc) is 2.92. The highest BCUT2D eigenvalue weighted by Gasteiger charge is 2.11. The minimum atomic E-state index is 0.508. The number of benzene rings is 1. The molecule has 0 atom stereocenters. The highest BCUT2D eigenvalue weighted by Crippen LogP contribution is 2.27. The van der Waals surface area contributed by atoms with Crippen LogP contribution in [0, 0.1) is 0 Å². The molecule has 3 N–H and O–H groups in total. The number of para-hydroxylation sites is 1. The summed E-state index contributed by atoms with van der Waals surface area (Å²) in [6.07, 6.45) is 4.14. The van der Waals surface area contributed by atoms with E-state index in [1.165, 1.54) is 0 Å². The smallest absolute Gasteiger partial charge is 0.152 e. The number of rotatable bonds is 6. The fraction of sp³-hybridized carbons (Fsp3) is 0.412. The Kier molecular flexibility index (Phi) is 4.24. The van der Waals surface area contributed by atoms with Crippen molar-refractivity contribution in [3.05, 3.63) is 30.6 Å². The molecule has 5 nitrogen and oxygen atoms in total. The summed E-state index contributed by atoms with van der Waals surface area (Å²) in [5.74, 6) is 0.508. The fourth-order valence-corrected chi connectivity index (χ4v) is 2.77. The lowest BCUT2D eigenvalue weighted by atomic mass is 10.2. The number of unbranched alkanes of at least 4 members (excludes halogenated alkanes) is 1. The van der Waals surface area contributed by atoms with Crippen LogP contribution in [0.15, 0.2) is 30.6 Å². The maximum Gasteiger partial charge on any atom is 0.152 e. The molecule has 116 valence electrons. The SMILES string of the molecule is CC(C)NCCCCn1cnc2c(N)nc3ccccc3c21. The fourth-order valence-electron chi connectivity index (χ4n) is 2.77. The van der Waals surface area contributed by atoms with E-state index in [9.17, 15) is 0 Å². The molecule has 0 bridgehead atoms. The number of hydrogen-bond acceptors (Lipinski definition) is 4. The third-order valence-corrected chi connectivity index (χ3v) is 3.86. The van der Waals surface area contributed by atoms with Crippen LogP contribution in [0.5, 0.6) is 0 Å². The molecule has 0 saturated carbocycles.